The van der Waals surface area contributed by atoms with Crippen molar-refractivity contribution in [1.29, 1.82) is 0 Å². The molecule has 1 aliphatic carbocycles. The first-order valence-electron chi connectivity index (χ1n) is 9.20. The molecule has 0 saturated carbocycles. The van der Waals surface area contributed by atoms with Crippen molar-refractivity contribution in [1.82, 2.24) is 0 Å². The number of fused-ring (bicyclic) bond motifs is 3. The molecule has 0 saturated heterocycles. The minimum atomic E-state index is -4.68. The van der Waals surface area contributed by atoms with Crippen LogP contribution in [0, 0.1) is 0 Å². The molecule has 158 valence electrons. The standard InChI is InChI=1S/C13H8O6S2.6CH3.2Sn/c14-20(15,16)11-7-3-6-9-8-4-1-2-5-10(8)13(12(9)11)21(17,18)19;;;;;;;;/h2-5,7,13H,(H,14,15,16)(H,17,18,19);6*1H3;;. The van der Waals surface area contributed by atoms with E-state index in [4.69, 9.17) is 0 Å². The van der Waals surface area contributed by atoms with Gasteiger partial charge < -0.3 is 0 Å². The monoisotopic (exact) mass is 654 g/mol. The fourth-order valence-electron chi connectivity index (χ4n) is 3.93. The van der Waals surface area contributed by atoms with Gasteiger partial charge in [-0.05, 0) is 0 Å². The van der Waals surface area contributed by atoms with E-state index in [0.717, 1.165) is 3.58 Å². The molecule has 0 radical (unpaired) electrons. The fraction of sp³-hybridized carbons (Fsp3) is 0.368. The third-order valence-corrected chi connectivity index (χ3v) is 19.0. The first kappa shape index (κ1) is 23.5. The van der Waals surface area contributed by atoms with Crippen LogP contribution in [0.2, 0.25) is 29.6 Å². The second-order valence-corrected chi connectivity index (χ2v) is 41.3. The number of hydrogen-bond donors (Lipinski definition) is 2. The van der Waals surface area contributed by atoms with Crippen LogP contribution in [0.5, 0.6) is 0 Å². The SMILES string of the molecule is [CH3][Sn]([CH3])([CH3])[c]1ccc2c(c1)-c1[c]([Sn]([CH3])([CH3])[CH3])ccc(S(=O)(=O)O)c1C2S(=O)(=O)O. The summed E-state index contributed by atoms with van der Waals surface area (Å²) in [6.07, 6.45) is 0. The maximum atomic E-state index is 12.4. The molecule has 6 nitrogen and oxygen atoms in total. The normalized spacial score (nSPS) is 17.2. The Bertz CT molecular complexity index is 1220. The van der Waals surface area contributed by atoms with Gasteiger partial charge in [0.25, 0.3) is 0 Å². The van der Waals surface area contributed by atoms with Crippen LogP contribution in [0.3, 0.4) is 0 Å². The molecule has 0 aromatic heterocycles. The average molecular weight is 652 g/mol. The van der Waals surface area contributed by atoms with Gasteiger partial charge in [-0.2, -0.15) is 0 Å². The van der Waals surface area contributed by atoms with Crippen LogP contribution >= 0.6 is 0 Å². The van der Waals surface area contributed by atoms with Crippen molar-refractivity contribution in [3.05, 3.63) is 41.5 Å². The average Bonchev–Trinajstić information content (AvgIpc) is 2.85. The van der Waals surface area contributed by atoms with Gasteiger partial charge in [-0.1, -0.05) is 0 Å². The summed E-state index contributed by atoms with van der Waals surface area (Å²) in [5.41, 5.74) is 1.59. The molecule has 2 aromatic carbocycles. The molecule has 2 N–H and O–H groups in total. The molecule has 29 heavy (non-hydrogen) atoms. The molecule has 0 aliphatic heterocycles. The van der Waals surface area contributed by atoms with E-state index < -0.39 is 67.1 Å². The van der Waals surface area contributed by atoms with Gasteiger partial charge in [0.05, 0.1) is 0 Å². The first-order valence-corrected chi connectivity index (χ1v) is 32.1. The summed E-state index contributed by atoms with van der Waals surface area (Å²) >= 11 is -5.38. The second-order valence-electron chi connectivity index (χ2n) is 9.57. The molecule has 1 aliphatic rings. The Kier molecular flexibility index (Phi) is 5.83. The molecule has 0 fully saturated rings. The minimum absolute atomic E-state index is 0.0182. The van der Waals surface area contributed by atoms with Crippen LogP contribution < -0.4 is 7.16 Å². The zero-order valence-electron chi connectivity index (χ0n) is 17.3. The van der Waals surface area contributed by atoms with Gasteiger partial charge in [0.1, 0.15) is 0 Å². The molecule has 2 aromatic rings. The van der Waals surface area contributed by atoms with E-state index in [1.807, 2.05) is 12.1 Å². The number of benzene rings is 2. The molecular formula is C19H26O6S2Sn2. The molecule has 0 heterocycles. The van der Waals surface area contributed by atoms with Crippen molar-refractivity contribution >= 4 is 64.1 Å². The van der Waals surface area contributed by atoms with Crippen molar-refractivity contribution in [2.75, 3.05) is 0 Å². The second kappa shape index (κ2) is 7.19. The molecule has 0 bridgehead atoms. The predicted molar refractivity (Wildman–Crippen MR) is 121 cm³/mol. The summed E-state index contributed by atoms with van der Waals surface area (Å²) in [5, 5.41) is -1.53. The Labute approximate surface area is 181 Å². The molecule has 10 heteroatoms. The number of rotatable bonds is 4. The van der Waals surface area contributed by atoms with E-state index in [9.17, 15) is 25.9 Å². The predicted octanol–water partition coefficient (Wildman–Crippen LogP) is 2.98. The van der Waals surface area contributed by atoms with E-state index in [2.05, 4.69) is 29.6 Å². The van der Waals surface area contributed by atoms with Gasteiger partial charge in [-0.15, -0.1) is 0 Å². The van der Waals surface area contributed by atoms with Crippen LogP contribution in [0.1, 0.15) is 16.4 Å². The summed E-state index contributed by atoms with van der Waals surface area (Å²) in [5.74, 6) is 0. The zero-order valence-corrected chi connectivity index (χ0v) is 24.6. The summed E-state index contributed by atoms with van der Waals surface area (Å²) in [6, 6.07) is 8.55. The van der Waals surface area contributed by atoms with Crippen LogP contribution in [-0.2, 0) is 20.2 Å². The van der Waals surface area contributed by atoms with Gasteiger partial charge in [-0.25, -0.2) is 0 Å². The summed E-state index contributed by atoms with van der Waals surface area (Å²) < 4.78 is 71.0. The molecule has 1 atom stereocenters. The Morgan fingerprint density at radius 2 is 1.41 bits per heavy atom. The topological polar surface area (TPSA) is 109 Å². The van der Waals surface area contributed by atoms with Crippen molar-refractivity contribution in [2.45, 2.75) is 39.8 Å². The Balaban J connectivity index is 2.58. The van der Waals surface area contributed by atoms with Crippen LogP contribution in [-0.4, -0.2) is 62.7 Å². The van der Waals surface area contributed by atoms with Gasteiger partial charge >= 0.3 is 182 Å². The quantitative estimate of drug-likeness (QED) is 0.389. The van der Waals surface area contributed by atoms with E-state index >= 15 is 0 Å². The van der Waals surface area contributed by atoms with Crippen molar-refractivity contribution in [3.63, 3.8) is 0 Å². The zero-order chi connectivity index (χ0) is 22.2. The molecule has 3 rings (SSSR count). The van der Waals surface area contributed by atoms with E-state index in [-0.39, 0.29) is 5.56 Å². The number of hydrogen-bond acceptors (Lipinski definition) is 4. The van der Waals surface area contributed by atoms with Crippen molar-refractivity contribution in [3.8, 4) is 11.1 Å². The maximum absolute atomic E-state index is 12.4. The van der Waals surface area contributed by atoms with Gasteiger partial charge in [-0.3, -0.25) is 0 Å². The van der Waals surface area contributed by atoms with Gasteiger partial charge in [0.2, 0.25) is 0 Å². The van der Waals surface area contributed by atoms with E-state index in [0.29, 0.717) is 16.7 Å². The fourth-order valence-corrected chi connectivity index (χ4v) is 13.7. The third kappa shape index (κ3) is 4.29. The van der Waals surface area contributed by atoms with Gasteiger partial charge in [0, 0.05) is 0 Å². The van der Waals surface area contributed by atoms with Crippen molar-refractivity contribution < 1.29 is 25.9 Å². The van der Waals surface area contributed by atoms with Crippen LogP contribution in [0.25, 0.3) is 11.1 Å². The van der Waals surface area contributed by atoms with E-state index in [1.165, 1.54) is 9.65 Å². The summed E-state index contributed by atoms with van der Waals surface area (Å²) in [4.78, 5) is 12.7. The Morgan fingerprint density at radius 3 is 1.86 bits per heavy atom. The molecule has 0 spiro atoms. The first-order chi connectivity index (χ1) is 12.9. The summed E-state index contributed by atoms with van der Waals surface area (Å²) in [6.45, 7) is 0. The Hall–Kier alpha value is -0.143. The van der Waals surface area contributed by atoms with Crippen molar-refractivity contribution in [2.24, 2.45) is 0 Å². The summed E-state index contributed by atoms with van der Waals surface area (Å²) in [7, 11) is -9.34. The van der Waals surface area contributed by atoms with E-state index in [1.54, 1.807) is 12.1 Å². The molecule has 1 unspecified atom stereocenters. The van der Waals surface area contributed by atoms with Crippen LogP contribution in [0.4, 0.5) is 0 Å². The molecule has 0 amide bonds. The van der Waals surface area contributed by atoms with Gasteiger partial charge in [0.15, 0.2) is 0 Å². The molecular weight excluding hydrogens is 626 g/mol. The Morgan fingerprint density at radius 1 is 0.828 bits per heavy atom. The third-order valence-electron chi connectivity index (χ3n) is 5.32. The van der Waals surface area contributed by atoms with Crippen LogP contribution in [0.15, 0.2) is 35.2 Å².